The van der Waals surface area contributed by atoms with Crippen molar-refractivity contribution >= 4 is 29.3 Å². The van der Waals surface area contributed by atoms with Gasteiger partial charge in [0.2, 0.25) is 5.91 Å². The summed E-state index contributed by atoms with van der Waals surface area (Å²) in [4.78, 5) is 20.1. The summed E-state index contributed by atoms with van der Waals surface area (Å²) in [6, 6.07) is 1.48. The van der Waals surface area contributed by atoms with Gasteiger partial charge in [0.05, 0.1) is 5.25 Å². The van der Waals surface area contributed by atoms with Crippen LogP contribution < -0.4 is 16.8 Å². The number of carbonyl (C=O) groups excluding carboxylic acids is 1. The van der Waals surface area contributed by atoms with E-state index in [0.717, 1.165) is 6.42 Å². The second kappa shape index (κ2) is 6.10. The summed E-state index contributed by atoms with van der Waals surface area (Å²) in [5.41, 5.74) is 11.0. The number of amides is 1. The van der Waals surface area contributed by atoms with E-state index in [4.69, 9.17) is 11.5 Å². The van der Waals surface area contributed by atoms with Crippen LogP contribution in [0.2, 0.25) is 0 Å². The molecule has 1 rings (SSSR count). The summed E-state index contributed by atoms with van der Waals surface area (Å²) in [5.74, 6) is 0.550. The molecule has 0 fully saturated rings. The van der Waals surface area contributed by atoms with Crippen molar-refractivity contribution in [3.63, 3.8) is 0 Å². The molecular formula is C12H21N5OS. The summed E-state index contributed by atoms with van der Waals surface area (Å²) in [6.45, 7) is 7.79. The fourth-order valence-corrected chi connectivity index (χ4v) is 2.05. The molecule has 0 saturated heterocycles. The zero-order valence-electron chi connectivity index (χ0n) is 11.7. The van der Waals surface area contributed by atoms with Crippen molar-refractivity contribution in [2.24, 2.45) is 0 Å². The Hall–Kier alpha value is -1.50. The zero-order chi connectivity index (χ0) is 14.6. The first-order valence-electron chi connectivity index (χ1n) is 6.12. The van der Waals surface area contributed by atoms with Gasteiger partial charge in [0.25, 0.3) is 0 Å². The molecule has 1 unspecified atom stereocenters. The molecule has 0 radical (unpaired) electrons. The minimum atomic E-state index is -0.313. The van der Waals surface area contributed by atoms with E-state index >= 15 is 0 Å². The SMILES string of the molecule is CCC(C)(C)NC(=O)C(C)Sc1nc(N)cc(N)n1. The number of hydrogen-bond acceptors (Lipinski definition) is 6. The smallest absolute Gasteiger partial charge is 0.233 e. The van der Waals surface area contributed by atoms with E-state index in [1.54, 1.807) is 6.92 Å². The molecule has 0 spiro atoms. The van der Waals surface area contributed by atoms with Gasteiger partial charge in [0, 0.05) is 11.6 Å². The van der Waals surface area contributed by atoms with E-state index in [2.05, 4.69) is 15.3 Å². The predicted molar refractivity (Wildman–Crippen MR) is 78.7 cm³/mol. The maximum atomic E-state index is 12.0. The van der Waals surface area contributed by atoms with Crippen LogP contribution in [0.25, 0.3) is 0 Å². The normalized spacial score (nSPS) is 13.1. The molecule has 6 nitrogen and oxygen atoms in total. The van der Waals surface area contributed by atoms with Crippen LogP contribution in [0, 0.1) is 0 Å². The molecule has 1 heterocycles. The highest BCUT2D eigenvalue weighted by Gasteiger charge is 2.23. The molecule has 7 heteroatoms. The monoisotopic (exact) mass is 283 g/mol. The molecule has 19 heavy (non-hydrogen) atoms. The summed E-state index contributed by atoms with van der Waals surface area (Å²) < 4.78 is 0. The predicted octanol–water partition coefficient (Wildman–Crippen LogP) is 1.43. The van der Waals surface area contributed by atoms with Gasteiger partial charge in [-0.1, -0.05) is 18.7 Å². The number of thioether (sulfide) groups is 1. The van der Waals surface area contributed by atoms with Crippen LogP contribution in [0.3, 0.4) is 0 Å². The van der Waals surface area contributed by atoms with Crippen molar-refractivity contribution < 1.29 is 4.79 Å². The van der Waals surface area contributed by atoms with Crippen molar-refractivity contribution in [1.82, 2.24) is 15.3 Å². The van der Waals surface area contributed by atoms with Crippen LogP contribution in [0.1, 0.15) is 34.1 Å². The largest absolute Gasteiger partial charge is 0.383 e. The van der Waals surface area contributed by atoms with Crippen LogP contribution in [0.15, 0.2) is 11.2 Å². The Morgan fingerprint density at radius 2 is 1.95 bits per heavy atom. The number of nitrogens with zero attached hydrogens (tertiary/aromatic N) is 2. The van der Waals surface area contributed by atoms with Gasteiger partial charge in [0.1, 0.15) is 11.6 Å². The lowest BCUT2D eigenvalue weighted by atomic mass is 10.0. The Labute approximate surface area is 117 Å². The highest BCUT2D eigenvalue weighted by Crippen LogP contribution is 2.22. The molecule has 0 bridgehead atoms. The number of nitrogens with two attached hydrogens (primary N) is 2. The van der Waals surface area contributed by atoms with Gasteiger partial charge in [0.15, 0.2) is 5.16 Å². The molecule has 1 amide bonds. The van der Waals surface area contributed by atoms with Crippen LogP contribution in [-0.2, 0) is 4.79 Å². The number of aromatic nitrogens is 2. The zero-order valence-corrected chi connectivity index (χ0v) is 12.5. The average molecular weight is 283 g/mol. The fourth-order valence-electron chi connectivity index (χ4n) is 1.25. The number of anilines is 2. The van der Waals surface area contributed by atoms with Gasteiger partial charge in [-0.15, -0.1) is 0 Å². The van der Waals surface area contributed by atoms with Gasteiger partial charge in [-0.05, 0) is 27.2 Å². The Morgan fingerprint density at radius 3 is 2.42 bits per heavy atom. The lowest BCUT2D eigenvalue weighted by Gasteiger charge is -2.26. The van der Waals surface area contributed by atoms with Crippen molar-refractivity contribution in [2.75, 3.05) is 11.5 Å². The number of nitrogen functional groups attached to an aromatic ring is 2. The second-order valence-corrected chi connectivity index (χ2v) is 6.29. The third-order valence-electron chi connectivity index (χ3n) is 2.74. The Kier molecular flexibility index (Phi) is 4.99. The number of nitrogens with one attached hydrogen (secondary N) is 1. The lowest BCUT2D eigenvalue weighted by molar-refractivity contribution is -0.121. The fraction of sp³-hybridized carbons (Fsp3) is 0.583. The maximum absolute atomic E-state index is 12.0. The van der Waals surface area contributed by atoms with Crippen molar-refractivity contribution in [1.29, 1.82) is 0 Å². The summed E-state index contributed by atoms with van der Waals surface area (Å²) in [6.07, 6.45) is 0.859. The standard InChI is InChI=1S/C12H21N5OS/c1-5-12(3,4)17-10(18)7(2)19-11-15-8(13)6-9(14)16-11/h6-7H,5H2,1-4H3,(H,17,18)(H4,13,14,15,16). The Bertz CT molecular complexity index is 443. The van der Waals surface area contributed by atoms with Gasteiger partial charge < -0.3 is 16.8 Å². The average Bonchev–Trinajstić information content (AvgIpc) is 2.26. The van der Waals surface area contributed by atoms with Crippen molar-refractivity contribution in [3.05, 3.63) is 6.07 Å². The first-order valence-corrected chi connectivity index (χ1v) is 7.00. The van der Waals surface area contributed by atoms with Gasteiger partial charge in [-0.25, -0.2) is 9.97 Å². The van der Waals surface area contributed by atoms with Gasteiger partial charge in [-0.2, -0.15) is 0 Å². The van der Waals surface area contributed by atoms with E-state index in [9.17, 15) is 4.79 Å². The molecule has 0 aliphatic heterocycles. The molecule has 0 aromatic carbocycles. The molecule has 5 N–H and O–H groups in total. The van der Waals surface area contributed by atoms with E-state index in [1.807, 2.05) is 20.8 Å². The Balaban J connectivity index is 2.68. The molecule has 1 aromatic rings. The van der Waals surface area contributed by atoms with Crippen LogP contribution in [0.4, 0.5) is 11.6 Å². The van der Waals surface area contributed by atoms with E-state index in [1.165, 1.54) is 17.8 Å². The van der Waals surface area contributed by atoms with Crippen molar-refractivity contribution in [2.45, 2.75) is 50.1 Å². The highest BCUT2D eigenvalue weighted by molar-refractivity contribution is 8.00. The van der Waals surface area contributed by atoms with E-state index in [-0.39, 0.29) is 16.7 Å². The van der Waals surface area contributed by atoms with Crippen LogP contribution >= 0.6 is 11.8 Å². The molecule has 1 atom stereocenters. The number of hydrogen-bond donors (Lipinski definition) is 3. The van der Waals surface area contributed by atoms with Crippen LogP contribution in [-0.4, -0.2) is 26.7 Å². The third kappa shape index (κ3) is 4.94. The molecule has 0 aliphatic rings. The number of rotatable bonds is 5. The number of carbonyl (C=O) groups is 1. The van der Waals surface area contributed by atoms with Crippen LogP contribution in [0.5, 0.6) is 0 Å². The van der Waals surface area contributed by atoms with E-state index < -0.39 is 0 Å². The first-order chi connectivity index (χ1) is 8.73. The Morgan fingerprint density at radius 1 is 1.42 bits per heavy atom. The molecule has 1 aromatic heterocycles. The summed E-state index contributed by atoms with van der Waals surface area (Å²) >= 11 is 1.24. The molecular weight excluding hydrogens is 262 g/mol. The molecule has 0 aliphatic carbocycles. The quantitative estimate of drug-likeness (QED) is 0.557. The third-order valence-corrected chi connectivity index (χ3v) is 3.70. The summed E-state index contributed by atoms with van der Waals surface area (Å²) in [7, 11) is 0. The topological polar surface area (TPSA) is 107 Å². The lowest BCUT2D eigenvalue weighted by Crippen LogP contribution is -2.46. The van der Waals surface area contributed by atoms with Crippen molar-refractivity contribution in [3.8, 4) is 0 Å². The second-order valence-electron chi connectivity index (χ2n) is 4.99. The summed E-state index contributed by atoms with van der Waals surface area (Å²) in [5, 5.41) is 3.08. The molecule has 0 saturated carbocycles. The first kappa shape index (κ1) is 15.6. The minimum absolute atomic E-state index is 0.0542. The van der Waals surface area contributed by atoms with Gasteiger partial charge in [-0.3, -0.25) is 4.79 Å². The molecule has 106 valence electrons. The van der Waals surface area contributed by atoms with Gasteiger partial charge >= 0.3 is 0 Å². The minimum Gasteiger partial charge on any atom is -0.383 e. The van der Waals surface area contributed by atoms with E-state index in [0.29, 0.717) is 16.8 Å². The highest BCUT2D eigenvalue weighted by atomic mass is 32.2. The maximum Gasteiger partial charge on any atom is 0.233 e.